The molecule has 0 aliphatic heterocycles. The van der Waals surface area contributed by atoms with Crippen LogP contribution in [0.25, 0.3) is 21.5 Å². The number of para-hydroxylation sites is 1. The topological polar surface area (TPSA) is 103 Å². The maximum absolute atomic E-state index is 13.1. The Morgan fingerprint density at radius 2 is 1.36 bits per heavy atom. The molecule has 9 heteroatoms. The van der Waals surface area contributed by atoms with Crippen LogP contribution in [0.1, 0.15) is 5.56 Å². The van der Waals surface area contributed by atoms with Gasteiger partial charge in [-0.3, -0.25) is 10.6 Å². The highest BCUT2D eigenvalue weighted by atomic mass is 31.2. The summed E-state index contributed by atoms with van der Waals surface area (Å²) >= 11 is 0. The monoisotopic (exact) mass is 540 g/mol. The third-order valence-electron chi connectivity index (χ3n) is 5.85. The molecule has 0 bridgehead atoms. The van der Waals surface area contributed by atoms with Crippen molar-refractivity contribution in [2.24, 2.45) is 0 Å². The van der Waals surface area contributed by atoms with E-state index in [0.717, 1.165) is 21.5 Å². The molecule has 5 rings (SSSR count). The van der Waals surface area contributed by atoms with Crippen LogP contribution in [-0.4, -0.2) is 18.9 Å². The Balaban J connectivity index is 1.31. The number of rotatable bonds is 7. The molecule has 1 atom stereocenters. The van der Waals surface area contributed by atoms with Crippen molar-refractivity contribution < 1.29 is 27.9 Å². The SMILES string of the molecule is CP(=O)(OC(=O)Nc1cc2ccccc2cc1COC(=O)Nc1ccccc1)Oc1cccc2ccccc12. The molecular weight excluding hydrogens is 515 g/mol. The molecule has 0 saturated carbocycles. The number of carbonyl (C=O) groups excluding carboxylic acids is 2. The zero-order chi connectivity index (χ0) is 27.2. The van der Waals surface area contributed by atoms with Gasteiger partial charge in [0, 0.05) is 16.6 Å². The lowest BCUT2D eigenvalue weighted by atomic mass is 10.1. The molecule has 196 valence electrons. The zero-order valence-corrected chi connectivity index (χ0v) is 21.9. The summed E-state index contributed by atoms with van der Waals surface area (Å²) in [4.78, 5) is 25.2. The van der Waals surface area contributed by atoms with Crippen LogP contribution in [0.2, 0.25) is 0 Å². The molecule has 0 fully saturated rings. The van der Waals surface area contributed by atoms with Gasteiger partial charge in [-0.1, -0.05) is 78.9 Å². The maximum atomic E-state index is 13.1. The molecule has 0 radical (unpaired) electrons. The standard InChI is InChI=1S/C30H25N2O6P/c1-39(35,37-28-17-9-13-21-10-7-8-16-26(21)28)38-30(34)32-27-19-23-12-6-5-11-22(23)18-24(27)20-36-29(33)31-25-14-3-2-4-15-25/h2-19H,20H2,1H3,(H,31,33)(H,32,34). The largest absolute Gasteiger partial charge is 0.444 e. The molecule has 2 N–H and O–H groups in total. The van der Waals surface area contributed by atoms with Gasteiger partial charge >= 0.3 is 19.8 Å². The quantitative estimate of drug-likeness (QED) is 0.202. The zero-order valence-electron chi connectivity index (χ0n) is 21.0. The maximum Gasteiger partial charge on any atom is 0.431 e. The van der Waals surface area contributed by atoms with E-state index in [1.54, 1.807) is 48.5 Å². The Kier molecular flexibility index (Phi) is 7.48. The fraction of sp³-hybridized carbons (Fsp3) is 0.0667. The van der Waals surface area contributed by atoms with Crippen molar-refractivity contribution in [3.63, 3.8) is 0 Å². The van der Waals surface area contributed by atoms with E-state index in [9.17, 15) is 14.2 Å². The van der Waals surface area contributed by atoms with Crippen LogP contribution < -0.4 is 15.2 Å². The number of benzene rings is 5. The summed E-state index contributed by atoms with van der Waals surface area (Å²) in [6, 6.07) is 32.8. The fourth-order valence-electron chi connectivity index (χ4n) is 4.10. The summed E-state index contributed by atoms with van der Waals surface area (Å²) in [6.07, 6.45) is -1.62. The average Bonchev–Trinajstić information content (AvgIpc) is 2.92. The molecule has 0 saturated heterocycles. The second-order valence-electron chi connectivity index (χ2n) is 8.77. The first-order valence-electron chi connectivity index (χ1n) is 12.1. The van der Waals surface area contributed by atoms with Gasteiger partial charge in [-0.05, 0) is 46.5 Å². The third kappa shape index (κ3) is 6.55. The molecule has 39 heavy (non-hydrogen) atoms. The van der Waals surface area contributed by atoms with Crippen LogP contribution in [0.5, 0.6) is 5.75 Å². The Morgan fingerprint density at radius 3 is 2.13 bits per heavy atom. The summed E-state index contributed by atoms with van der Waals surface area (Å²) in [7, 11) is -3.85. The Hall–Kier alpha value is -4.81. The number of anilines is 2. The van der Waals surface area contributed by atoms with Gasteiger partial charge < -0.3 is 13.8 Å². The normalized spacial score (nSPS) is 12.3. The lowest BCUT2D eigenvalue weighted by molar-refractivity contribution is 0.155. The van der Waals surface area contributed by atoms with Gasteiger partial charge in [-0.25, -0.2) is 14.2 Å². The van der Waals surface area contributed by atoms with E-state index in [0.29, 0.717) is 22.7 Å². The minimum atomic E-state index is -3.85. The van der Waals surface area contributed by atoms with Crippen molar-refractivity contribution in [1.29, 1.82) is 0 Å². The smallest absolute Gasteiger partial charge is 0.431 e. The van der Waals surface area contributed by atoms with Crippen molar-refractivity contribution in [3.05, 3.63) is 115 Å². The van der Waals surface area contributed by atoms with Gasteiger partial charge in [0.2, 0.25) is 0 Å². The second kappa shape index (κ2) is 11.3. The van der Waals surface area contributed by atoms with Gasteiger partial charge in [0.1, 0.15) is 12.4 Å². The van der Waals surface area contributed by atoms with E-state index < -0.39 is 19.8 Å². The molecular formula is C30H25N2O6P. The van der Waals surface area contributed by atoms with E-state index in [1.165, 1.54) is 6.66 Å². The Labute approximate surface area is 225 Å². The van der Waals surface area contributed by atoms with Crippen LogP contribution in [0, 0.1) is 0 Å². The Bertz CT molecular complexity index is 1700. The average molecular weight is 541 g/mol. The van der Waals surface area contributed by atoms with E-state index in [4.69, 9.17) is 13.8 Å². The van der Waals surface area contributed by atoms with Crippen molar-refractivity contribution in [3.8, 4) is 5.75 Å². The Morgan fingerprint density at radius 1 is 0.718 bits per heavy atom. The first-order valence-corrected chi connectivity index (χ1v) is 14.1. The third-order valence-corrected chi connectivity index (χ3v) is 6.88. The predicted molar refractivity (Wildman–Crippen MR) is 152 cm³/mol. The first-order chi connectivity index (χ1) is 18.9. The van der Waals surface area contributed by atoms with E-state index in [1.807, 2.05) is 60.7 Å². The number of fused-ring (bicyclic) bond motifs is 2. The number of amides is 2. The van der Waals surface area contributed by atoms with Crippen molar-refractivity contribution in [2.75, 3.05) is 17.3 Å². The van der Waals surface area contributed by atoms with Crippen molar-refractivity contribution >= 4 is 52.7 Å². The molecule has 8 nitrogen and oxygen atoms in total. The molecule has 0 aliphatic carbocycles. The summed E-state index contributed by atoms with van der Waals surface area (Å²) < 4.78 is 29.4. The minimum absolute atomic E-state index is 0.130. The van der Waals surface area contributed by atoms with Crippen molar-refractivity contribution in [2.45, 2.75) is 6.61 Å². The molecule has 0 spiro atoms. The summed E-state index contributed by atoms with van der Waals surface area (Å²) in [5.74, 6) is 0.343. The lowest BCUT2D eigenvalue weighted by Gasteiger charge is -2.18. The first kappa shape index (κ1) is 25.8. The van der Waals surface area contributed by atoms with Gasteiger partial charge in [0.15, 0.2) is 0 Å². The molecule has 0 aliphatic rings. The van der Waals surface area contributed by atoms with Gasteiger partial charge in [-0.15, -0.1) is 0 Å². The predicted octanol–water partition coefficient (Wildman–Crippen LogP) is 8.19. The number of ether oxygens (including phenoxy) is 1. The molecule has 0 heterocycles. The van der Waals surface area contributed by atoms with Crippen LogP contribution in [0.4, 0.5) is 21.0 Å². The number of carbonyl (C=O) groups is 2. The van der Waals surface area contributed by atoms with Gasteiger partial charge in [-0.2, -0.15) is 0 Å². The highest BCUT2D eigenvalue weighted by Crippen LogP contribution is 2.46. The van der Waals surface area contributed by atoms with Crippen LogP contribution in [0.3, 0.4) is 0 Å². The van der Waals surface area contributed by atoms with E-state index in [2.05, 4.69) is 10.6 Å². The van der Waals surface area contributed by atoms with Crippen LogP contribution in [-0.2, 0) is 20.4 Å². The molecule has 2 amide bonds. The van der Waals surface area contributed by atoms with Gasteiger partial charge in [0.05, 0.1) is 12.4 Å². The summed E-state index contributed by atoms with van der Waals surface area (Å²) in [5, 5.41) is 8.66. The summed E-state index contributed by atoms with van der Waals surface area (Å²) in [5.41, 5.74) is 1.46. The minimum Gasteiger partial charge on any atom is -0.444 e. The number of hydrogen-bond acceptors (Lipinski definition) is 6. The number of hydrogen-bond donors (Lipinski definition) is 2. The molecule has 0 aromatic heterocycles. The second-order valence-corrected chi connectivity index (χ2v) is 10.7. The van der Waals surface area contributed by atoms with E-state index >= 15 is 0 Å². The van der Waals surface area contributed by atoms with Crippen LogP contribution in [0.15, 0.2) is 109 Å². The number of nitrogens with one attached hydrogen (secondary N) is 2. The highest BCUT2D eigenvalue weighted by Gasteiger charge is 2.25. The van der Waals surface area contributed by atoms with Gasteiger partial charge in [0.25, 0.3) is 0 Å². The van der Waals surface area contributed by atoms with Crippen LogP contribution >= 0.6 is 7.60 Å². The van der Waals surface area contributed by atoms with Crippen molar-refractivity contribution in [1.82, 2.24) is 0 Å². The molecule has 5 aromatic rings. The van der Waals surface area contributed by atoms with E-state index in [-0.39, 0.29) is 6.61 Å². The molecule has 1 unspecified atom stereocenters. The molecule has 5 aromatic carbocycles. The fourth-order valence-corrected chi connectivity index (χ4v) is 5.00. The lowest BCUT2D eigenvalue weighted by Crippen LogP contribution is -2.17. The summed E-state index contributed by atoms with van der Waals surface area (Å²) in [6.45, 7) is 1.10. The highest BCUT2D eigenvalue weighted by molar-refractivity contribution is 7.54.